The van der Waals surface area contributed by atoms with Crippen molar-refractivity contribution in [1.29, 1.82) is 0 Å². The molecule has 2 aromatic rings. The average Bonchev–Trinajstić information content (AvgIpc) is 2.96. The highest BCUT2D eigenvalue weighted by Gasteiger charge is 2.31. The van der Waals surface area contributed by atoms with Crippen molar-refractivity contribution in [2.24, 2.45) is 0 Å². The molecule has 2 heterocycles. The number of carbonyl (C=O) groups excluding carboxylic acids is 1. The molecule has 1 aliphatic heterocycles. The summed E-state index contributed by atoms with van der Waals surface area (Å²) in [6.07, 6.45) is 3.29. The van der Waals surface area contributed by atoms with Gasteiger partial charge in [-0.05, 0) is 75.9 Å². The van der Waals surface area contributed by atoms with E-state index in [1.165, 1.54) is 6.42 Å². The maximum absolute atomic E-state index is 12.8. The lowest BCUT2D eigenvalue weighted by Crippen LogP contribution is -2.47. The molecule has 1 amide bonds. The van der Waals surface area contributed by atoms with Crippen LogP contribution in [-0.2, 0) is 0 Å². The number of aryl methyl sites for hydroxylation is 1. The number of hydrogen-bond acceptors (Lipinski definition) is 3. The highest BCUT2D eigenvalue weighted by Crippen LogP contribution is 2.29. The smallest absolute Gasteiger partial charge is 0.290 e. The Labute approximate surface area is 137 Å². The normalized spacial score (nSPS) is 21.4. The minimum atomic E-state index is -0.0101. The number of furan rings is 1. The van der Waals surface area contributed by atoms with Crippen molar-refractivity contribution < 1.29 is 9.21 Å². The van der Waals surface area contributed by atoms with E-state index in [1.807, 2.05) is 36.1 Å². The molecule has 0 spiro atoms. The molecular formula is C19H24N2O2. The van der Waals surface area contributed by atoms with Crippen LogP contribution in [0.15, 0.2) is 34.7 Å². The first kappa shape index (κ1) is 15.7. The predicted octanol–water partition coefficient (Wildman–Crippen LogP) is 4.24. The number of piperidine rings is 1. The molecule has 0 bridgehead atoms. The van der Waals surface area contributed by atoms with Crippen LogP contribution in [0.2, 0.25) is 0 Å². The molecule has 3 rings (SSSR count). The highest BCUT2D eigenvalue weighted by molar-refractivity contribution is 5.92. The first-order chi connectivity index (χ1) is 11.0. The summed E-state index contributed by atoms with van der Waals surface area (Å²) in [5.74, 6) is 1.11. The lowest BCUT2D eigenvalue weighted by molar-refractivity contribution is 0.0479. The topological polar surface area (TPSA) is 59.5 Å². The first-order valence-electron chi connectivity index (χ1n) is 8.26. The lowest BCUT2D eigenvalue weighted by atomic mass is 9.97. The number of anilines is 1. The van der Waals surface area contributed by atoms with E-state index in [1.54, 1.807) is 6.07 Å². The largest absolute Gasteiger partial charge is 0.451 e. The molecule has 0 aliphatic carbocycles. The summed E-state index contributed by atoms with van der Waals surface area (Å²) in [6, 6.07) is 9.86. The van der Waals surface area contributed by atoms with Crippen LogP contribution in [0, 0.1) is 6.92 Å². The first-order valence-corrected chi connectivity index (χ1v) is 8.26. The zero-order valence-electron chi connectivity index (χ0n) is 14.0. The van der Waals surface area contributed by atoms with E-state index in [0.29, 0.717) is 11.5 Å². The molecule has 0 radical (unpaired) electrons. The van der Waals surface area contributed by atoms with Crippen molar-refractivity contribution in [1.82, 2.24) is 4.90 Å². The van der Waals surface area contributed by atoms with Gasteiger partial charge in [0.15, 0.2) is 5.76 Å². The summed E-state index contributed by atoms with van der Waals surface area (Å²) < 4.78 is 5.87. The molecule has 2 N–H and O–H groups in total. The Balaban J connectivity index is 1.88. The fourth-order valence-electron chi connectivity index (χ4n) is 3.51. The second-order valence-corrected chi connectivity index (χ2v) is 6.58. The number of carbonyl (C=O) groups is 1. The van der Waals surface area contributed by atoms with Crippen LogP contribution in [0.1, 0.15) is 49.2 Å². The number of nitrogen functional groups attached to an aromatic ring is 1. The van der Waals surface area contributed by atoms with Crippen LogP contribution in [-0.4, -0.2) is 22.9 Å². The van der Waals surface area contributed by atoms with Crippen LogP contribution in [0.4, 0.5) is 5.69 Å². The second-order valence-electron chi connectivity index (χ2n) is 6.58. The van der Waals surface area contributed by atoms with E-state index in [4.69, 9.17) is 10.2 Å². The fraction of sp³-hybridized carbons (Fsp3) is 0.421. The summed E-state index contributed by atoms with van der Waals surface area (Å²) in [4.78, 5) is 14.8. The molecule has 1 saturated heterocycles. The Morgan fingerprint density at radius 1 is 1.17 bits per heavy atom. The Kier molecular flexibility index (Phi) is 4.16. The fourth-order valence-corrected chi connectivity index (χ4v) is 3.51. The summed E-state index contributed by atoms with van der Waals surface area (Å²) in [6.45, 7) is 6.22. The minimum absolute atomic E-state index is 0.0101. The van der Waals surface area contributed by atoms with Crippen molar-refractivity contribution in [3.8, 4) is 11.3 Å². The molecule has 1 fully saturated rings. The molecule has 4 heteroatoms. The monoisotopic (exact) mass is 312 g/mol. The standard InChI is InChI=1S/C19H24N2O2/c1-12-11-15(20)7-8-16(12)17-9-10-18(23-17)19(22)21-13(2)5-4-6-14(21)3/h7-11,13-14H,4-6,20H2,1-3H3. The van der Waals surface area contributed by atoms with Crippen LogP contribution >= 0.6 is 0 Å². The Morgan fingerprint density at radius 2 is 1.87 bits per heavy atom. The SMILES string of the molecule is Cc1cc(N)ccc1-c1ccc(C(=O)N2C(C)CCCC2C)o1. The molecular weight excluding hydrogens is 288 g/mol. The molecule has 4 nitrogen and oxygen atoms in total. The van der Waals surface area contributed by atoms with E-state index in [-0.39, 0.29) is 18.0 Å². The van der Waals surface area contributed by atoms with Crippen LogP contribution < -0.4 is 5.73 Å². The Bertz CT molecular complexity index is 710. The van der Waals surface area contributed by atoms with Crippen molar-refractivity contribution in [2.75, 3.05) is 5.73 Å². The maximum atomic E-state index is 12.8. The van der Waals surface area contributed by atoms with E-state index in [2.05, 4.69) is 13.8 Å². The van der Waals surface area contributed by atoms with Gasteiger partial charge in [0.05, 0.1) is 0 Å². The number of nitrogens with zero attached hydrogens (tertiary/aromatic N) is 1. The van der Waals surface area contributed by atoms with Crippen molar-refractivity contribution in [3.05, 3.63) is 41.7 Å². The molecule has 122 valence electrons. The molecule has 1 aromatic carbocycles. The minimum Gasteiger partial charge on any atom is -0.451 e. The van der Waals surface area contributed by atoms with Crippen LogP contribution in [0.25, 0.3) is 11.3 Å². The molecule has 2 atom stereocenters. The van der Waals surface area contributed by atoms with Crippen molar-refractivity contribution in [2.45, 2.75) is 52.1 Å². The summed E-state index contributed by atoms with van der Waals surface area (Å²) in [5, 5.41) is 0. The van der Waals surface area contributed by atoms with Gasteiger partial charge in [0.2, 0.25) is 0 Å². The lowest BCUT2D eigenvalue weighted by Gasteiger charge is -2.38. The van der Waals surface area contributed by atoms with Gasteiger partial charge in [0, 0.05) is 23.3 Å². The van der Waals surface area contributed by atoms with Crippen LogP contribution in [0.5, 0.6) is 0 Å². The van der Waals surface area contributed by atoms with Gasteiger partial charge in [-0.25, -0.2) is 0 Å². The summed E-state index contributed by atoms with van der Waals surface area (Å²) in [7, 11) is 0. The number of nitrogens with two attached hydrogens (primary N) is 1. The number of rotatable bonds is 2. The number of benzene rings is 1. The molecule has 1 aromatic heterocycles. The summed E-state index contributed by atoms with van der Waals surface area (Å²) in [5.41, 5.74) is 8.53. The second kappa shape index (κ2) is 6.11. The van der Waals surface area contributed by atoms with Gasteiger partial charge in [-0.15, -0.1) is 0 Å². The van der Waals surface area contributed by atoms with E-state index in [0.717, 1.165) is 29.7 Å². The van der Waals surface area contributed by atoms with E-state index >= 15 is 0 Å². The number of hydrogen-bond donors (Lipinski definition) is 1. The molecule has 1 aliphatic rings. The third kappa shape index (κ3) is 2.98. The summed E-state index contributed by atoms with van der Waals surface area (Å²) >= 11 is 0. The predicted molar refractivity (Wildman–Crippen MR) is 92.2 cm³/mol. The highest BCUT2D eigenvalue weighted by atomic mass is 16.4. The number of likely N-dealkylation sites (tertiary alicyclic amines) is 1. The Hall–Kier alpha value is -2.23. The molecule has 23 heavy (non-hydrogen) atoms. The third-order valence-corrected chi connectivity index (χ3v) is 4.76. The average molecular weight is 312 g/mol. The van der Waals surface area contributed by atoms with Gasteiger partial charge < -0.3 is 15.1 Å². The van der Waals surface area contributed by atoms with Gasteiger partial charge in [-0.2, -0.15) is 0 Å². The molecule has 2 unspecified atom stereocenters. The van der Waals surface area contributed by atoms with Gasteiger partial charge >= 0.3 is 0 Å². The maximum Gasteiger partial charge on any atom is 0.290 e. The van der Waals surface area contributed by atoms with Crippen molar-refractivity contribution >= 4 is 11.6 Å². The Morgan fingerprint density at radius 3 is 2.52 bits per heavy atom. The van der Waals surface area contributed by atoms with Crippen molar-refractivity contribution in [3.63, 3.8) is 0 Å². The van der Waals surface area contributed by atoms with Gasteiger partial charge in [-0.3, -0.25) is 4.79 Å². The van der Waals surface area contributed by atoms with Crippen LogP contribution in [0.3, 0.4) is 0 Å². The third-order valence-electron chi connectivity index (χ3n) is 4.76. The van der Waals surface area contributed by atoms with Gasteiger partial charge in [0.25, 0.3) is 5.91 Å². The zero-order valence-corrected chi connectivity index (χ0v) is 14.0. The van der Waals surface area contributed by atoms with E-state index in [9.17, 15) is 4.79 Å². The van der Waals surface area contributed by atoms with E-state index < -0.39 is 0 Å². The number of amides is 1. The van der Waals surface area contributed by atoms with Gasteiger partial charge in [-0.1, -0.05) is 0 Å². The van der Waals surface area contributed by atoms with Gasteiger partial charge in [0.1, 0.15) is 5.76 Å². The molecule has 0 saturated carbocycles. The quantitative estimate of drug-likeness (QED) is 0.844. The zero-order chi connectivity index (χ0) is 16.6.